The molecule has 3 aliphatic heterocycles. The molecule has 4 heterocycles. The van der Waals surface area contributed by atoms with E-state index in [-0.39, 0.29) is 50.6 Å². The van der Waals surface area contributed by atoms with Crippen molar-refractivity contribution in [3.8, 4) is 11.5 Å². The maximum absolute atomic E-state index is 13.2. The first-order valence-corrected chi connectivity index (χ1v) is 16.3. The van der Waals surface area contributed by atoms with Crippen LogP contribution in [0.4, 0.5) is 18.3 Å². The number of aliphatic carboxylic acids is 1. The first-order valence-electron chi connectivity index (χ1n) is 13.4. The lowest BCUT2D eigenvalue weighted by molar-refractivity contribution is -0.189. The predicted octanol–water partition coefficient (Wildman–Crippen LogP) is 1.13. The lowest BCUT2D eigenvalue weighted by Gasteiger charge is -2.49. The number of aromatic hydroxyl groups is 1. The van der Waals surface area contributed by atoms with Gasteiger partial charge in [-0.2, -0.15) is 13.2 Å². The molecule has 0 spiro atoms. The molecule has 2 aromatic rings. The fourth-order valence-corrected chi connectivity index (χ4v) is 7.52. The summed E-state index contributed by atoms with van der Waals surface area (Å²) in [6.07, 6.45) is -5.65. The van der Waals surface area contributed by atoms with Gasteiger partial charge in [-0.15, -0.1) is 34.9 Å². The number of ether oxygens (including phenoxy) is 1. The fraction of sp³-hybridized carbons (Fsp3) is 0.385. The van der Waals surface area contributed by atoms with Crippen LogP contribution >= 0.6 is 34.9 Å². The molecule has 0 radical (unpaired) electrons. The van der Waals surface area contributed by atoms with E-state index in [1.807, 2.05) is 0 Å². The van der Waals surface area contributed by atoms with Crippen LogP contribution in [-0.2, 0) is 24.0 Å². The number of hydrogen-bond donors (Lipinski definition) is 4. The van der Waals surface area contributed by atoms with E-state index in [0.717, 1.165) is 40.1 Å². The Morgan fingerprint density at radius 3 is 2.55 bits per heavy atom. The summed E-state index contributed by atoms with van der Waals surface area (Å²) in [4.78, 5) is 67.8. The number of nitrogens with two attached hydrogens (primary N) is 1. The van der Waals surface area contributed by atoms with Gasteiger partial charge in [-0.05, 0) is 26.3 Å². The summed E-state index contributed by atoms with van der Waals surface area (Å²) in [5, 5.41) is 27.7. The molecule has 47 heavy (non-hydrogen) atoms. The van der Waals surface area contributed by atoms with E-state index >= 15 is 0 Å². The smallest absolute Gasteiger partial charge is 0.491 e. The molecule has 3 aliphatic rings. The topological polar surface area (TPSA) is 218 Å². The zero-order chi connectivity index (χ0) is 34.4. The third-order valence-electron chi connectivity index (χ3n) is 6.54. The standard InChI is InChI=1S/C26H24F3N7O8S3/c1-9(2)44-35-16(13-8-46-24(30)31-13)19(38)32-17-20(39)36-18(22(40)41)10(6-45-21(17)36)7-47-25(3)33-11-4-14(37)15(5-12(11)34-25)43-23(42)26(27,28)29/h4-5,8-9,17,21,37H,6-7H2,1-3H3,(H2,30,31)(H,32,38)(H,40,41)/t17-,21+,25?/m1/s1. The maximum Gasteiger partial charge on any atom is 0.491 e. The average molecular weight is 716 g/mol. The summed E-state index contributed by atoms with van der Waals surface area (Å²) >= 11 is 3.36. The van der Waals surface area contributed by atoms with Gasteiger partial charge in [-0.3, -0.25) is 14.5 Å². The molecule has 1 aromatic carbocycles. The number of alkyl halides is 3. The zero-order valence-electron chi connectivity index (χ0n) is 24.4. The van der Waals surface area contributed by atoms with E-state index in [0.29, 0.717) is 5.57 Å². The van der Waals surface area contributed by atoms with Crippen molar-refractivity contribution in [2.45, 2.75) is 49.5 Å². The number of halogens is 3. The number of carboxylic acids is 1. The van der Waals surface area contributed by atoms with Crippen molar-refractivity contribution in [2.75, 3.05) is 17.2 Å². The number of carbonyl (C=O) groups is 4. The Balaban J connectivity index is 1.31. The van der Waals surface area contributed by atoms with Crippen LogP contribution in [0.25, 0.3) is 0 Å². The van der Waals surface area contributed by atoms with Gasteiger partial charge in [0.25, 0.3) is 11.8 Å². The molecule has 1 aromatic heterocycles. The summed E-state index contributed by atoms with van der Waals surface area (Å²) in [6.45, 7) is 4.95. The first-order chi connectivity index (χ1) is 22.0. The summed E-state index contributed by atoms with van der Waals surface area (Å²) in [6, 6.07) is 0.860. The molecule has 1 saturated heterocycles. The number of amides is 2. The maximum atomic E-state index is 13.2. The largest absolute Gasteiger partial charge is 0.504 e. The summed E-state index contributed by atoms with van der Waals surface area (Å²) in [5.74, 6) is -6.67. The van der Waals surface area contributed by atoms with Crippen LogP contribution < -0.4 is 26.5 Å². The van der Waals surface area contributed by atoms with Crippen LogP contribution in [0.3, 0.4) is 0 Å². The molecule has 21 heteroatoms. The number of aromatic nitrogens is 1. The van der Waals surface area contributed by atoms with Crippen LogP contribution in [0.2, 0.25) is 0 Å². The van der Waals surface area contributed by atoms with Gasteiger partial charge in [0, 0.05) is 29.0 Å². The second-order valence-corrected chi connectivity index (χ2v) is 13.8. The Morgan fingerprint density at radius 2 is 1.96 bits per heavy atom. The van der Waals surface area contributed by atoms with Crippen LogP contribution in [0.1, 0.15) is 26.5 Å². The number of phenolic OH excluding ortho intramolecular Hbond substituents is 1. The van der Waals surface area contributed by atoms with E-state index in [2.05, 4.69) is 30.2 Å². The van der Waals surface area contributed by atoms with Crippen LogP contribution in [0.15, 0.2) is 43.9 Å². The normalized spacial score (nSPS) is 22.1. The second-order valence-electron chi connectivity index (χ2n) is 10.4. The number of nitrogens with one attached hydrogen (secondary N) is 1. The zero-order valence-corrected chi connectivity index (χ0v) is 26.8. The van der Waals surface area contributed by atoms with Gasteiger partial charge in [-0.25, -0.2) is 24.6 Å². The van der Waals surface area contributed by atoms with Gasteiger partial charge < -0.3 is 30.8 Å². The molecular weight excluding hydrogens is 692 g/mol. The monoisotopic (exact) mass is 715 g/mol. The Hall–Kier alpha value is -4.37. The Kier molecular flexibility index (Phi) is 9.16. The molecule has 5 N–H and O–H groups in total. The van der Waals surface area contributed by atoms with Crippen molar-refractivity contribution in [1.82, 2.24) is 15.2 Å². The van der Waals surface area contributed by atoms with E-state index < -0.39 is 57.8 Å². The van der Waals surface area contributed by atoms with Gasteiger partial charge in [0.2, 0.25) is 0 Å². The number of oxime groups is 1. The lowest BCUT2D eigenvalue weighted by Crippen LogP contribution is -2.71. The second kappa shape index (κ2) is 12.7. The van der Waals surface area contributed by atoms with Gasteiger partial charge in [0.05, 0.1) is 10.7 Å². The minimum Gasteiger partial charge on any atom is -0.504 e. The number of carboxylic acid groups (broad SMARTS) is 1. The molecule has 0 bridgehead atoms. The van der Waals surface area contributed by atoms with E-state index in [1.165, 1.54) is 17.1 Å². The molecule has 250 valence electrons. The number of hydrogen-bond acceptors (Lipinski definition) is 15. The molecule has 1 unspecified atom stereocenters. The molecule has 2 amide bonds. The molecule has 3 atom stereocenters. The lowest BCUT2D eigenvalue weighted by atomic mass is 10.0. The Morgan fingerprint density at radius 1 is 1.28 bits per heavy atom. The molecule has 1 fully saturated rings. The summed E-state index contributed by atoms with van der Waals surface area (Å²) in [5.41, 5.74) is 5.72. The quantitative estimate of drug-likeness (QED) is 0.0895. The van der Waals surface area contributed by atoms with Gasteiger partial charge in [0.15, 0.2) is 27.3 Å². The van der Waals surface area contributed by atoms with E-state index in [1.54, 1.807) is 20.8 Å². The fourth-order valence-electron chi connectivity index (χ4n) is 4.49. The van der Waals surface area contributed by atoms with Crippen LogP contribution in [0.5, 0.6) is 11.5 Å². The average Bonchev–Trinajstić information content (AvgIpc) is 3.55. The van der Waals surface area contributed by atoms with Gasteiger partial charge in [-0.1, -0.05) is 5.16 Å². The first kappa shape index (κ1) is 34.0. The highest BCUT2D eigenvalue weighted by atomic mass is 32.2. The number of nitrogens with zero attached hydrogens (tertiary/aromatic N) is 5. The number of esters is 1. The summed E-state index contributed by atoms with van der Waals surface area (Å²) < 4.78 is 42.1. The number of nitrogen functional groups attached to an aromatic ring is 1. The van der Waals surface area contributed by atoms with E-state index in [4.69, 9.17) is 10.6 Å². The number of thiazole rings is 1. The number of benzene rings is 1. The molecule has 0 saturated carbocycles. The molecular formula is C26H24F3N7O8S3. The minimum atomic E-state index is -5.29. The number of fused-ring (bicyclic) bond motifs is 2. The van der Waals surface area contributed by atoms with Crippen molar-refractivity contribution in [2.24, 2.45) is 15.1 Å². The number of thioether (sulfide) groups is 2. The molecule has 5 rings (SSSR count). The highest BCUT2D eigenvalue weighted by Gasteiger charge is 2.54. The number of anilines is 1. The van der Waals surface area contributed by atoms with E-state index in [9.17, 15) is 42.6 Å². The van der Waals surface area contributed by atoms with Crippen molar-refractivity contribution in [1.29, 1.82) is 0 Å². The van der Waals surface area contributed by atoms with Crippen molar-refractivity contribution < 1.29 is 52.1 Å². The van der Waals surface area contributed by atoms with Crippen LogP contribution in [-0.4, -0.2) is 89.8 Å². The summed E-state index contributed by atoms with van der Waals surface area (Å²) in [7, 11) is 0. The number of β-lactam (4-membered cyclic amide) rings is 1. The number of phenols is 1. The SMILES string of the molecule is CC(C)ON=C(C(=O)N[C@@H]1C(=O)N2C(C(=O)O)=C(CSC3(C)N=c4cc(O)c(OC(=O)C(F)(F)F)cc4=N3)CS[C@@H]12)c1csc(N)n1. The van der Waals surface area contributed by atoms with Gasteiger partial charge >= 0.3 is 18.1 Å². The van der Waals surface area contributed by atoms with Crippen molar-refractivity contribution in [3.05, 3.63) is 45.2 Å². The van der Waals surface area contributed by atoms with Crippen molar-refractivity contribution >= 4 is 69.5 Å². The Labute approximate surface area is 274 Å². The third-order valence-corrected chi connectivity index (χ3v) is 9.77. The number of rotatable bonds is 10. The molecule has 0 aliphatic carbocycles. The highest BCUT2D eigenvalue weighted by Crippen LogP contribution is 2.42. The minimum absolute atomic E-state index is 0.0239. The predicted molar refractivity (Wildman–Crippen MR) is 162 cm³/mol. The molecule has 15 nitrogen and oxygen atoms in total. The van der Waals surface area contributed by atoms with Gasteiger partial charge in [0.1, 0.15) is 28.9 Å². The highest BCUT2D eigenvalue weighted by molar-refractivity contribution is 8.01. The Bertz CT molecular complexity index is 1870. The van der Waals surface area contributed by atoms with Crippen molar-refractivity contribution in [3.63, 3.8) is 0 Å². The third kappa shape index (κ3) is 7.00. The van der Waals surface area contributed by atoms with Crippen LogP contribution in [0, 0.1) is 0 Å². The number of carbonyl (C=O) groups excluding carboxylic acids is 3.